The lowest BCUT2D eigenvalue weighted by Gasteiger charge is -2.26. The molecule has 1 heterocycles. The number of nitro benzene ring substituents is 1. The predicted molar refractivity (Wildman–Crippen MR) is 110 cm³/mol. The van der Waals surface area contributed by atoms with Gasteiger partial charge in [-0.2, -0.15) is 0 Å². The molecule has 11 heteroatoms. The van der Waals surface area contributed by atoms with Gasteiger partial charge in [-0.3, -0.25) is 19.2 Å². The van der Waals surface area contributed by atoms with Gasteiger partial charge in [0.05, 0.1) is 15.5 Å². The van der Waals surface area contributed by atoms with E-state index in [1.807, 2.05) is 0 Å². The number of amides is 1. The van der Waals surface area contributed by atoms with Crippen LogP contribution in [0.4, 0.5) is 11.4 Å². The van der Waals surface area contributed by atoms with Gasteiger partial charge >= 0.3 is 0 Å². The number of hydrogen-bond acceptors (Lipinski definition) is 5. The highest BCUT2D eigenvalue weighted by atomic mass is 35.5. The number of carbonyl (C=O) groups is 1. The molecule has 3 rings (SSSR count). The number of benzene rings is 2. The fourth-order valence-electron chi connectivity index (χ4n) is 3.03. The molecule has 1 fully saturated rings. The molecule has 2 aromatic carbocycles. The molecule has 0 spiro atoms. The number of hydrogen-bond donors (Lipinski definition) is 0. The van der Waals surface area contributed by atoms with Crippen LogP contribution in [0.3, 0.4) is 0 Å². The average molecular weight is 458 g/mol. The van der Waals surface area contributed by atoms with Gasteiger partial charge in [-0.1, -0.05) is 23.2 Å². The van der Waals surface area contributed by atoms with Crippen LogP contribution in [0, 0.1) is 10.1 Å². The zero-order chi connectivity index (χ0) is 21.2. The Morgan fingerprint density at radius 3 is 2.31 bits per heavy atom. The summed E-state index contributed by atoms with van der Waals surface area (Å²) in [6, 6.07) is 9.17. The molecule has 0 aliphatic carbocycles. The molecule has 0 saturated carbocycles. The van der Waals surface area contributed by atoms with Crippen molar-refractivity contribution in [1.82, 2.24) is 4.90 Å². The highest BCUT2D eigenvalue weighted by Crippen LogP contribution is 2.31. The molecular formula is C18H17Cl2N3O5S. The van der Waals surface area contributed by atoms with Gasteiger partial charge in [0.15, 0.2) is 0 Å². The van der Waals surface area contributed by atoms with Crippen LogP contribution in [0.1, 0.15) is 12.8 Å². The Bertz CT molecular complexity index is 1040. The first-order valence-corrected chi connectivity index (χ1v) is 10.9. The van der Waals surface area contributed by atoms with Gasteiger partial charge < -0.3 is 4.90 Å². The summed E-state index contributed by atoms with van der Waals surface area (Å²) < 4.78 is 27.5. The Morgan fingerprint density at radius 1 is 1.10 bits per heavy atom. The summed E-state index contributed by atoms with van der Waals surface area (Å²) in [6.45, 7) is 0.708. The molecule has 154 valence electrons. The van der Waals surface area contributed by atoms with Crippen molar-refractivity contribution in [2.75, 3.05) is 23.9 Å². The number of anilines is 1. The van der Waals surface area contributed by atoms with E-state index in [-0.39, 0.29) is 21.5 Å². The average Bonchev–Trinajstić information content (AvgIpc) is 3.21. The SMILES string of the molecule is O=C(CN(c1ccc(Cl)cc1)S(=O)(=O)c1ccc(Cl)c([N+](=O)[O-])c1)N1CCCC1. The maximum Gasteiger partial charge on any atom is 0.289 e. The van der Waals surface area contributed by atoms with E-state index < -0.39 is 27.2 Å². The number of carbonyl (C=O) groups excluding carboxylic acids is 1. The van der Waals surface area contributed by atoms with Gasteiger partial charge in [0.1, 0.15) is 11.6 Å². The minimum absolute atomic E-state index is 0.180. The van der Waals surface area contributed by atoms with E-state index in [0.29, 0.717) is 18.1 Å². The Morgan fingerprint density at radius 2 is 1.72 bits per heavy atom. The molecular weight excluding hydrogens is 441 g/mol. The molecule has 1 aliphatic heterocycles. The third kappa shape index (κ3) is 4.63. The van der Waals surface area contributed by atoms with Crippen molar-refractivity contribution in [2.24, 2.45) is 0 Å². The summed E-state index contributed by atoms with van der Waals surface area (Å²) in [5.41, 5.74) is -0.311. The van der Waals surface area contributed by atoms with Crippen LogP contribution in [0.2, 0.25) is 10.0 Å². The van der Waals surface area contributed by atoms with Gasteiger partial charge in [-0.05, 0) is 49.2 Å². The second kappa shape index (κ2) is 8.56. The highest BCUT2D eigenvalue weighted by Gasteiger charge is 2.31. The van der Waals surface area contributed by atoms with E-state index in [0.717, 1.165) is 29.3 Å². The van der Waals surface area contributed by atoms with E-state index in [1.54, 1.807) is 4.90 Å². The van der Waals surface area contributed by atoms with Crippen LogP contribution >= 0.6 is 23.2 Å². The molecule has 2 aromatic rings. The number of likely N-dealkylation sites (tertiary alicyclic amines) is 1. The van der Waals surface area contributed by atoms with Gasteiger partial charge in [0.25, 0.3) is 15.7 Å². The molecule has 29 heavy (non-hydrogen) atoms. The Labute approximate surface area is 177 Å². The monoisotopic (exact) mass is 457 g/mol. The second-order valence-electron chi connectivity index (χ2n) is 6.45. The van der Waals surface area contributed by atoms with E-state index in [2.05, 4.69) is 0 Å². The summed E-state index contributed by atoms with van der Waals surface area (Å²) >= 11 is 11.7. The molecule has 8 nitrogen and oxygen atoms in total. The molecule has 0 unspecified atom stereocenters. The second-order valence-corrected chi connectivity index (χ2v) is 9.15. The van der Waals surface area contributed by atoms with Crippen molar-refractivity contribution in [1.29, 1.82) is 0 Å². The van der Waals surface area contributed by atoms with Crippen LogP contribution in [0.5, 0.6) is 0 Å². The Kier molecular flexibility index (Phi) is 6.30. The standard InChI is InChI=1S/C18H17Cl2N3O5S/c19-13-3-5-14(6-4-13)22(12-18(24)21-9-1-2-10-21)29(27,28)15-7-8-16(20)17(11-15)23(25)26/h3-8,11H,1-2,9-10,12H2. The van der Waals surface area contributed by atoms with Crippen molar-refractivity contribution in [3.8, 4) is 0 Å². The van der Waals surface area contributed by atoms with Crippen LogP contribution in [-0.2, 0) is 14.8 Å². The number of rotatable bonds is 6. The van der Waals surface area contributed by atoms with Crippen LogP contribution < -0.4 is 4.31 Å². The van der Waals surface area contributed by atoms with Gasteiger partial charge in [0.2, 0.25) is 5.91 Å². The van der Waals surface area contributed by atoms with Crippen molar-refractivity contribution in [3.05, 3.63) is 62.6 Å². The minimum Gasteiger partial charge on any atom is -0.341 e. The zero-order valence-corrected chi connectivity index (χ0v) is 17.5. The number of sulfonamides is 1. The maximum atomic E-state index is 13.3. The van der Waals surface area contributed by atoms with E-state index in [1.165, 1.54) is 30.3 Å². The lowest BCUT2D eigenvalue weighted by atomic mass is 10.3. The van der Waals surface area contributed by atoms with Gasteiger partial charge in [-0.15, -0.1) is 0 Å². The highest BCUT2D eigenvalue weighted by molar-refractivity contribution is 7.92. The minimum atomic E-state index is -4.28. The van der Waals surface area contributed by atoms with E-state index in [4.69, 9.17) is 23.2 Å². The quantitative estimate of drug-likeness (QED) is 0.485. The lowest BCUT2D eigenvalue weighted by molar-refractivity contribution is -0.384. The fraction of sp³-hybridized carbons (Fsp3) is 0.278. The van der Waals surface area contributed by atoms with Crippen molar-refractivity contribution < 1.29 is 18.1 Å². The summed E-state index contributed by atoms with van der Waals surface area (Å²) in [6.07, 6.45) is 1.73. The van der Waals surface area contributed by atoms with Crippen molar-refractivity contribution in [3.63, 3.8) is 0 Å². The summed E-state index contributed by atoms with van der Waals surface area (Å²) in [7, 11) is -4.28. The van der Waals surface area contributed by atoms with Crippen LogP contribution in [0.25, 0.3) is 0 Å². The molecule has 0 N–H and O–H groups in total. The first-order chi connectivity index (χ1) is 13.7. The van der Waals surface area contributed by atoms with Gasteiger partial charge in [-0.25, -0.2) is 8.42 Å². The topological polar surface area (TPSA) is 101 Å². The summed E-state index contributed by atoms with van der Waals surface area (Å²) in [4.78, 5) is 24.3. The Hall–Kier alpha value is -2.36. The van der Waals surface area contributed by atoms with Crippen LogP contribution in [0.15, 0.2) is 47.4 Å². The third-order valence-electron chi connectivity index (χ3n) is 4.55. The lowest BCUT2D eigenvalue weighted by Crippen LogP contribution is -2.42. The fourth-order valence-corrected chi connectivity index (χ4v) is 4.78. The molecule has 1 amide bonds. The van der Waals surface area contributed by atoms with Crippen molar-refractivity contribution >= 4 is 50.5 Å². The molecule has 1 saturated heterocycles. The normalized spacial score (nSPS) is 14.1. The smallest absolute Gasteiger partial charge is 0.289 e. The Balaban J connectivity index is 2.04. The predicted octanol–water partition coefficient (Wildman–Crippen LogP) is 3.72. The molecule has 1 aliphatic rings. The first kappa shape index (κ1) is 21.4. The molecule has 0 radical (unpaired) electrons. The first-order valence-electron chi connectivity index (χ1n) is 8.70. The zero-order valence-electron chi connectivity index (χ0n) is 15.1. The molecule has 0 aromatic heterocycles. The van der Waals surface area contributed by atoms with Crippen molar-refractivity contribution in [2.45, 2.75) is 17.7 Å². The number of halogens is 2. The van der Waals surface area contributed by atoms with Crippen LogP contribution in [-0.4, -0.2) is 43.8 Å². The maximum absolute atomic E-state index is 13.3. The summed E-state index contributed by atoms with van der Waals surface area (Å²) in [5.74, 6) is -0.343. The number of nitro groups is 1. The largest absolute Gasteiger partial charge is 0.341 e. The van der Waals surface area contributed by atoms with E-state index >= 15 is 0 Å². The number of nitrogens with zero attached hydrogens (tertiary/aromatic N) is 3. The third-order valence-corrected chi connectivity index (χ3v) is 6.90. The van der Waals surface area contributed by atoms with E-state index in [9.17, 15) is 23.3 Å². The summed E-state index contributed by atoms with van der Waals surface area (Å²) in [5, 5.41) is 11.4. The molecule has 0 bridgehead atoms. The van der Waals surface area contributed by atoms with Gasteiger partial charge in [0, 0.05) is 24.2 Å². The molecule has 0 atom stereocenters.